The molecule has 7 heteroatoms. The average Bonchev–Trinajstić information content (AvgIpc) is 3.07. The molecule has 0 saturated carbocycles. The fourth-order valence-electron chi connectivity index (χ4n) is 3.29. The Morgan fingerprint density at radius 2 is 1.74 bits per heavy atom. The van der Waals surface area contributed by atoms with Crippen molar-refractivity contribution in [2.75, 3.05) is 13.7 Å². The summed E-state index contributed by atoms with van der Waals surface area (Å²) in [7, 11) is 1.34. The fourth-order valence-corrected chi connectivity index (χ4v) is 4.42. The normalized spacial score (nSPS) is 11.8. The van der Waals surface area contributed by atoms with Crippen LogP contribution < -0.4 is 9.54 Å². The summed E-state index contributed by atoms with van der Waals surface area (Å²) in [6, 6.07) is 17.7. The van der Waals surface area contributed by atoms with E-state index in [1.165, 1.54) is 18.4 Å². The van der Waals surface area contributed by atoms with Gasteiger partial charge in [-0.05, 0) is 60.0 Å². The molecule has 0 aliphatic rings. The number of aromatic nitrogens is 1. The Kier molecular flexibility index (Phi) is 5.86. The topological polar surface area (TPSA) is 69.9 Å². The molecule has 1 aromatic heterocycles. The summed E-state index contributed by atoms with van der Waals surface area (Å²) in [6.45, 7) is 3.83. The number of rotatable bonds is 5. The van der Waals surface area contributed by atoms with E-state index in [0.29, 0.717) is 10.6 Å². The van der Waals surface area contributed by atoms with Gasteiger partial charge in [0, 0.05) is 0 Å². The van der Waals surface area contributed by atoms with Crippen LogP contribution in [0.3, 0.4) is 0 Å². The molecule has 3 aromatic carbocycles. The van der Waals surface area contributed by atoms with Crippen LogP contribution in [0.4, 0.5) is 0 Å². The van der Waals surface area contributed by atoms with E-state index in [1.807, 2.05) is 68.4 Å². The molecule has 0 saturated heterocycles. The molecule has 4 aromatic rings. The number of thiazole rings is 1. The van der Waals surface area contributed by atoms with E-state index in [2.05, 4.69) is 4.99 Å². The van der Waals surface area contributed by atoms with Gasteiger partial charge in [-0.3, -0.25) is 9.59 Å². The molecular formula is C24H22N2O4S. The fraction of sp³-hybridized carbons (Fsp3) is 0.208. The average molecular weight is 435 g/mol. The minimum Gasteiger partial charge on any atom is -0.484 e. The highest BCUT2D eigenvalue weighted by molar-refractivity contribution is 7.16. The van der Waals surface area contributed by atoms with Gasteiger partial charge in [-0.2, -0.15) is 4.99 Å². The van der Waals surface area contributed by atoms with Crippen LogP contribution in [0.2, 0.25) is 0 Å². The summed E-state index contributed by atoms with van der Waals surface area (Å²) in [4.78, 5) is 29.2. The van der Waals surface area contributed by atoms with E-state index >= 15 is 0 Å². The Morgan fingerprint density at radius 3 is 2.52 bits per heavy atom. The molecule has 0 unspecified atom stereocenters. The van der Waals surface area contributed by atoms with Crippen LogP contribution in [0, 0.1) is 13.8 Å². The Bertz CT molecular complexity index is 1370. The van der Waals surface area contributed by atoms with Gasteiger partial charge >= 0.3 is 5.97 Å². The predicted molar refractivity (Wildman–Crippen MR) is 121 cm³/mol. The van der Waals surface area contributed by atoms with E-state index in [4.69, 9.17) is 9.47 Å². The second-order valence-electron chi connectivity index (χ2n) is 7.25. The Hall–Kier alpha value is -3.45. The van der Waals surface area contributed by atoms with Crippen molar-refractivity contribution in [3.8, 4) is 5.75 Å². The third-order valence-corrected chi connectivity index (χ3v) is 6.16. The third-order valence-electron chi connectivity index (χ3n) is 5.12. The van der Waals surface area contributed by atoms with Gasteiger partial charge in [0.05, 0.1) is 17.3 Å². The maximum atomic E-state index is 12.6. The molecule has 0 bridgehead atoms. The van der Waals surface area contributed by atoms with Crippen LogP contribution in [0.5, 0.6) is 5.75 Å². The largest absolute Gasteiger partial charge is 0.484 e. The van der Waals surface area contributed by atoms with Crippen molar-refractivity contribution in [2.45, 2.75) is 20.4 Å². The molecule has 0 fully saturated rings. The molecule has 31 heavy (non-hydrogen) atoms. The van der Waals surface area contributed by atoms with Crippen LogP contribution in [-0.4, -0.2) is 30.2 Å². The van der Waals surface area contributed by atoms with Crippen molar-refractivity contribution in [1.82, 2.24) is 4.57 Å². The second kappa shape index (κ2) is 8.73. The summed E-state index contributed by atoms with van der Waals surface area (Å²) in [5, 5.41) is 2.14. The second-order valence-corrected chi connectivity index (χ2v) is 8.26. The van der Waals surface area contributed by atoms with Gasteiger partial charge in [-0.1, -0.05) is 41.7 Å². The van der Waals surface area contributed by atoms with Gasteiger partial charge in [0.2, 0.25) is 0 Å². The van der Waals surface area contributed by atoms with Gasteiger partial charge in [0.25, 0.3) is 5.91 Å². The highest BCUT2D eigenvalue weighted by Gasteiger charge is 2.13. The SMILES string of the molecule is COC(=O)Cn1c(=NC(=O)COc2ccc3ccccc3c2)sc2cc(C)c(C)cc21. The van der Waals surface area contributed by atoms with Gasteiger partial charge in [-0.25, -0.2) is 0 Å². The number of hydrogen-bond acceptors (Lipinski definition) is 5. The highest BCUT2D eigenvalue weighted by atomic mass is 32.1. The lowest BCUT2D eigenvalue weighted by Gasteiger charge is -2.06. The van der Waals surface area contributed by atoms with Crippen molar-refractivity contribution >= 4 is 44.2 Å². The lowest BCUT2D eigenvalue weighted by Crippen LogP contribution is -2.23. The molecule has 158 valence electrons. The number of carbonyl (C=O) groups excluding carboxylic acids is 2. The smallest absolute Gasteiger partial charge is 0.325 e. The van der Waals surface area contributed by atoms with Crippen LogP contribution in [0.15, 0.2) is 59.6 Å². The lowest BCUT2D eigenvalue weighted by molar-refractivity contribution is -0.141. The summed E-state index contributed by atoms with van der Waals surface area (Å²) in [5.74, 6) is -0.224. The zero-order valence-electron chi connectivity index (χ0n) is 17.5. The van der Waals surface area contributed by atoms with E-state index in [9.17, 15) is 9.59 Å². The minimum atomic E-state index is -0.424. The molecule has 6 nitrogen and oxygen atoms in total. The maximum Gasteiger partial charge on any atom is 0.325 e. The van der Waals surface area contributed by atoms with Crippen LogP contribution in [0.1, 0.15) is 11.1 Å². The molecule has 4 rings (SSSR count). The number of nitrogens with zero attached hydrogens (tertiary/aromatic N) is 2. The van der Waals surface area contributed by atoms with Crippen molar-refractivity contribution in [2.24, 2.45) is 4.99 Å². The molecule has 0 aliphatic carbocycles. The van der Waals surface area contributed by atoms with Crippen molar-refractivity contribution in [3.63, 3.8) is 0 Å². The number of hydrogen-bond donors (Lipinski definition) is 0. The first kappa shape index (κ1) is 20.8. The number of methoxy groups -OCH3 is 1. The van der Waals surface area contributed by atoms with E-state index in [0.717, 1.165) is 32.1 Å². The van der Waals surface area contributed by atoms with Crippen LogP contribution in [0.25, 0.3) is 21.0 Å². The van der Waals surface area contributed by atoms with Crippen LogP contribution >= 0.6 is 11.3 Å². The van der Waals surface area contributed by atoms with Crippen molar-refractivity contribution < 1.29 is 19.1 Å². The monoisotopic (exact) mass is 434 g/mol. The van der Waals surface area contributed by atoms with Gasteiger partial charge < -0.3 is 14.0 Å². The third kappa shape index (κ3) is 4.51. The number of fused-ring (bicyclic) bond motifs is 2. The zero-order valence-corrected chi connectivity index (χ0v) is 18.4. The number of ether oxygens (including phenoxy) is 2. The summed E-state index contributed by atoms with van der Waals surface area (Å²) in [5.41, 5.74) is 3.08. The maximum absolute atomic E-state index is 12.6. The standard InChI is InChI=1S/C24H22N2O4S/c1-15-10-20-21(11-16(15)2)31-24(26(20)13-23(28)29-3)25-22(27)14-30-19-9-8-17-6-4-5-7-18(17)12-19/h4-12H,13-14H2,1-3H3. The molecule has 0 radical (unpaired) electrons. The molecule has 0 aliphatic heterocycles. The quantitative estimate of drug-likeness (QED) is 0.443. The zero-order chi connectivity index (χ0) is 22.0. The number of esters is 1. The molecule has 0 atom stereocenters. The molecular weight excluding hydrogens is 412 g/mol. The summed E-state index contributed by atoms with van der Waals surface area (Å²) < 4.78 is 13.2. The number of benzene rings is 3. The highest BCUT2D eigenvalue weighted by Crippen LogP contribution is 2.23. The van der Waals surface area contributed by atoms with Gasteiger partial charge in [0.15, 0.2) is 11.4 Å². The number of aryl methyl sites for hydroxylation is 2. The first-order valence-corrected chi connectivity index (χ1v) is 10.6. The number of amides is 1. The molecule has 1 heterocycles. The first-order valence-electron chi connectivity index (χ1n) is 9.81. The molecule has 1 amide bonds. The lowest BCUT2D eigenvalue weighted by atomic mass is 10.1. The van der Waals surface area contributed by atoms with Gasteiger partial charge in [0.1, 0.15) is 12.3 Å². The Balaban J connectivity index is 1.62. The van der Waals surface area contributed by atoms with E-state index < -0.39 is 11.9 Å². The summed E-state index contributed by atoms with van der Waals surface area (Å²) >= 11 is 1.36. The Labute approximate surface area is 183 Å². The Morgan fingerprint density at radius 1 is 1.00 bits per heavy atom. The minimum absolute atomic E-state index is 0.0172. The van der Waals surface area contributed by atoms with Gasteiger partial charge in [-0.15, -0.1) is 0 Å². The molecule has 0 spiro atoms. The van der Waals surface area contributed by atoms with Crippen molar-refractivity contribution in [1.29, 1.82) is 0 Å². The van der Waals surface area contributed by atoms with E-state index in [1.54, 1.807) is 4.57 Å². The number of carbonyl (C=O) groups is 2. The van der Waals surface area contributed by atoms with Crippen LogP contribution in [-0.2, 0) is 20.9 Å². The van der Waals surface area contributed by atoms with Crippen molar-refractivity contribution in [3.05, 3.63) is 70.5 Å². The first-order chi connectivity index (χ1) is 14.9. The van der Waals surface area contributed by atoms with E-state index in [-0.39, 0.29) is 13.2 Å². The summed E-state index contributed by atoms with van der Waals surface area (Å²) in [6.07, 6.45) is 0. The molecule has 0 N–H and O–H groups in total. The predicted octanol–water partition coefficient (Wildman–Crippen LogP) is 4.15.